The second-order valence-electron chi connectivity index (χ2n) is 6.55. The lowest BCUT2D eigenvalue weighted by atomic mass is 9.86. The maximum atomic E-state index is 14.9. The van der Waals surface area contributed by atoms with Crippen molar-refractivity contribution in [2.45, 2.75) is 18.8 Å². The number of benzene rings is 2. The normalized spacial score (nSPS) is 15.3. The number of nitrogens with zero attached hydrogens (tertiary/aromatic N) is 3. The Morgan fingerprint density at radius 2 is 1.93 bits per heavy atom. The summed E-state index contributed by atoms with van der Waals surface area (Å²) in [6.45, 7) is 0.171. The van der Waals surface area contributed by atoms with E-state index >= 15 is 0 Å². The molecule has 0 atom stereocenters. The van der Waals surface area contributed by atoms with Crippen molar-refractivity contribution in [1.82, 2.24) is 0 Å². The van der Waals surface area contributed by atoms with E-state index in [9.17, 15) is 28.5 Å². The van der Waals surface area contributed by atoms with Crippen molar-refractivity contribution in [1.29, 1.82) is 5.26 Å². The van der Waals surface area contributed by atoms with Crippen molar-refractivity contribution in [3.63, 3.8) is 0 Å². The minimum absolute atomic E-state index is 0.0180. The van der Waals surface area contributed by atoms with E-state index in [0.717, 1.165) is 12.1 Å². The molecule has 1 heterocycles. The summed E-state index contributed by atoms with van der Waals surface area (Å²) >= 11 is 5.74. The Morgan fingerprint density at radius 1 is 1.25 bits per heavy atom. The molecule has 146 valence electrons. The van der Waals surface area contributed by atoms with Gasteiger partial charge in [0.1, 0.15) is 17.6 Å². The van der Waals surface area contributed by atoms with E-state index < -0.39 is 28.1 Å². The molecular formula is C19H15ClF3N3O2. The van der Waals surface area contributed by atoms with Gasteiger partial charge in [0.2, 0.25) is 0 Å². The van der Waals surface area contributed by atoms with E-state index in [1.54, 1.807) is 4.90 Å². The van der Waals surface area contributed by atoms with Crippen molar-refractivity contribution in [3.05, 3.63) is 68.5 Å². The largest absolute Gasteiger partial charge is 0.365 e. The number of hydrogen-bond acceptors (Lipinski definition) is 4. The van der Waals surface area contributed by atoms with E-state index in [2.05, 4.69) is 0 Å². The van der Waals surface area contributed by atoms with Crippen molar-refractivity contribution in [2.24, 2.45) is 5.92 Å². The first kappa shape index (κ1) is 20.0. The first-order valence-electron chi connectivity index (χ1n) is 8.51. The maximum Gasteiger partial charge on any atom is 0.293 e. The lowest BCUT2D eigenvalue weighted by Gasteiger charge is -2.37. The molecule has 0 radical (unpaired) electrons. The quantitative estimate of drug-likeness (QED) is 0.509. The van der Waals surface area contributed by atoms with E-state index in [0.29, 0.717) is 0 Å². The fourth-order valence-corrected chi connectivity index (χ4v) is 3.71. The number of nitriles is 1. The first-order chi connectivity index (χ1) is 13.3. The molecule has 0 saturated carbocycles. The van der Waals surface area contributed by atoms with Crippen LogP contribution in [0.15, 0.2) is 36.4 Å². The van der Waals surface area contributed by atoms with Crippen LogP contribution in [-0.2, 0) is 5.92 Å². The van der Waals surface area contributed by atoms with Gasteiger partial charge in [0.15, 0.2) is 0 Å². The molecule has 5 nitrogen and oxygen atoms in total. The summed E-state index contributed by atoms with van der Waals surface area (Å²) in [5.41, 5.74) is -0.752. The smallest absolute Gasteiger partial charge is 0.293 e. The van der Waals surface area contributed by atoms with Crippen molar-refractivity contribution < 1.29 is 18.1 Å². The Balaban J connectivity index is 1.85. The highest BCUT2D eigenvalue weighted by Crippen LogP contribution is 2.44. The number of piperidine rings is 1. The predicted octanol–water partition coefficient (Wildman–Crippen LogP) is 5.27. The van der Waals surface area contributed by atoms with Crippen LogP contribution in [0.4, 0.5) is 24.5 Å². The second kappa shape index (κ2) is 7.68. The molecule has 28 heavy (non-hydrogen) atoms. The number of rotatable bonds is 4. The SMILES string of the molecule is N#Cc1cccc([N+](=O)[O-])c1N1CCC(C(F)(F)c2cc(Cl)ccc2F)CC1. The lowest BCUT2D eigenvalue weighted by molar-refractivity contribution is -0.384. The number of alkyl halides is 2. The molecule has 0 aliphatic carbocycles. The van der Waals surface area contributed by atoms with Crippen LogP contribution in [0.5, 0.6) is 0 Å². The number of para-hydroxylation sites is 1. The first-order valence-corrected chi connectivity index (χ1v) is 8.89. The Kier molecular flexibility index (Phi) is 5.47. The molecule has 3 rings (SSSR count). The highest BCUT2D eigenvalue weighted by molar-refractivity contribution is 6.30. The molecule has 1 saturated heterocycles. The zero-order chi connectivity index (χ0) is 20.5. The van der Waals surface area contributed by atoms with Gasteiger partial charge in [-0.25, -0.2) is 13.2 Å². The van der Waals surface area contributed by atoms with Gasteiger partial charge in [0.05, 0.1) is 16.1 Å². The third-order valence-corrected chi connectivity index (χ3v) is 5.18. The summed E-state index contributed by atoms with van der Waals surface area (Å²) in [5.74, 6) is -5.60. The van der Waals surface area contributed by atoms with Gasteiger partial charge in [0.25, 0.3) is 11.6 Å². The summed E-state index contributed by atoms with van der Waals surface area (Å²) in [6.07, 6.45) is -0.0360. The van der Waals surface area contributed by atoms with Gasteiger partial charge in [0, 0.05) is 30.1 Å². The Morgan fingerprint density at radius 3 is 2.54 bits per heavy atom. The van der Waals surface area contributed by atoms with E-state index in [4.69, 9.17) is 11.6 Å². The molecular weight excluding hydrogens is 395 g/mol. The minimum atomic E-state index is -3.43. The highest BCUT2D eigenvalue weighted by Gasteiger charge is 2.45. The molecule has 0 spiro atoms. The molecule has 2 aromatic carbocycles. The van der Waals surface area contributed by atoms with Gasteiger partial charge in [-0.05, 0) is 37.1 Å². The van der Waals surface area contributed by atoms with Gasteiger partial charge in [-0.1, -0.05) is 17.7 Å². The molecule has 2 aromatic rings. The molecule has 0 bridgehead atoms. The standard InChI is InChI=1S/C19H15ClF3N3O2/c20-14-4-5-16(21)15(10-14)19(22,23)13-6-8-25(9-7-13)18-12(11-24)2-1-3-17(18)26(27)28/h1-5,10,13H,6-9H2. The van der Waals surface area contributed by atoms with Crippen molar-refractivity contribution >= 4 is 23.0 Å². The summed E-state index contributed by atoms with van der Waals surface area (Å²) in [7, 11) is 0. The summed E-state index contributed by atoms with van der Waals surface area (Å²) in [4.78, 5) is 12.3. The van der Waals surface area contributed by atoms with Crippen LogP contribution >= 0.6 is 11.6 Å². The topological polar surface area (TPSA) is 70.2 Å². The van der Waals surface area contributed by atoms with E-state index in [1.807, 2.05) is 6.07 Å². The highest BCUT2D eigenvalue weighted by atomic mass is 35.5. The van der Waals surface area contributed by atoms with Crippen LogP contribution in [0, 0.1) is 33.2 Å². The average molecular weight is 410 g/mol. The van der Waals surface area contributed by atoms with Gasteiger partial charge >= 0.3 is 0 Å². The second-order valence-corrected chi connectivity index (χ2v) is 6.99. The average Bonchev–Trinajstić information content (AvgIpc) is 2.69. The number of halogens is 4. The van der Waals surface area contributed by atoms with E-state index in [1.165, 1.54) is 24.3 Å². The van der Waals surface area contributed by atoms with Crippen LogP contribution in [0.25, 0.3) is 0 Å². The van der Waals surface area contributed by atoms with Crippen LogP contribution in [0.3, 0.4) is 0 Å². The molecule has 1 aliphatic heterocycles. The van der Waals surface area contributed by atoms with E-state index in [-0.39, 0.29) is 47.9 Å². The third-order valence-electron chi connectivity index (χ3n) is 4.94. The maximum absolute atomic E-state index is 14.9. The van der Waals surface area contributed by atoms with Gasteiger partial charge in [-0.15, -0.1) is 0 Å². The van der Waals surface area contributed by atoms with Crippen molar-refractivity contribution in [3.8, 4) is 6.07 Å². The Bertz CT molecular complexity index is 954. The molecule has 0 N–H and O–H groups in total. The van der Waals surface area contributed by atoms with Crippen LogP contribution in [0.1, 0.15) is 24.0 Å². The third kappa shape index (κ3) is 3.62. The van der Waals surface area contributed by atoms with Crippen molar-refractivity contribution in [2.75, 3.05) is 18.0 Å². The molecule has 0 amide bonds. The lowest BCUT2D eigenvalue weighted by Crippen LogP contribution is -2.40. The molecule has 9 heteroatoms. The predicted molar refractivity (Wildman–Crippen MR) is 98.1 cm³/mol. The monoisotopic (exact) mass is 409 g/mol. The fourth-order valence-electron chi connectivity index (χ4n) is 3.54. The number of hydrogen-bond donors (Lipinski definition) is 0. The Hall–Kier alpha value is -2.79. The summed E-state index contributed by atoms with van der Waals surface area (Å²) < 4.78 is 43.7. The molecule has 1 aliphatic rings. The van der Waals surface area contributed by atoms with Gasteiger partial charge < -0.3 is 4.90 Å². The van der Waals surface area contributed by atoms with Crippen LogP contribution in [0.2, 0.25) is 5.02 Å². The fraction of sp³-hybridized carbons (Fsp3) is 0.316. The molecule has 0 aromatic heterocycles. The molecule has 0 unspecified atom stereocenters. The minimum Gasteiger partial charge on any atom is -0.365 e. The zero-order valence-electron chi connectivity index (χ0n) is 14.5. The van der Waals surface area contributed by atoms with Crippen LogP contribution < -0.4 is 4.90 Å². The summed E-state index contributed by atoms with van der Waals surface area (Å²) in [5, 5.41) is 20.6. The zero-order valence-corrected chi connectivity index (χ0v) is 15.3. The van der Waals surface area contributed by atoms with Crippen LogP contribution in [-0.4, -0.2) is 18.0 Å². The Labute approximate surface area is 164 Å². The number of nitro benzene ring substituents is 1. The summed E-state index contributed by atoms with van der Waals surface area (Å²) in [6, 6.07) is 9.09. The number of anilines is 1. The molecule has 1 fully saturated rings. The van der Waals surface area contributed by atoms with Gasteiger partial charge in [-0.2, -0.15) is 5.26 Å². The van der Waals surface area contributed by atoms with Gasteiger partial charge in [-0.3, -0.25) is 10.1 Å². The number of nitro groups is 1.